The highest BCUT2D eigenvalue weighted by atomic mass is 35.5. The summed E-state index contributed by atoms with van der Waals surface area (Å²) < 4.78 is 0. The molecule has 2 rings (SSSR count). The van der Waals surface area contributed by atoms with E-state index in [1.807, 2.05) is 0 Å². The average molecular weight is 256 g/mol. The zero-order chi connectivity index (χ0) is 12.4. The Labute approximate surface area is 102 Å². The van der Waals surface area contributed by atoms with Gasteiger partial charge < -0.3 is 11.1 Å². The number of nitrogen functional groups attached to an aromatic ring is 1. The van der Waals surface area contributed by atoms with E-state index in [0.717, 1.165) is 0 Å². The zero-order valence-electron chi connectivity index (χ0n) is 8.74. The van der Waals surface area contributed by atoms with Gasteiger partial charge in [-0.25, -0.2) is 9.97 Å². The molecule has 0 aliphatic carbocycles. The lowest BCUT2D eigenvalue weighted by molar-refractivity contribution is -0.133. The molecule has 2 heterocycles. The lowest BCUT2D eigenvalue weighted by Crippen LogP contribution is -2.47. The number of aromatic nitrogens is 2. The minimum absolute atomic E-state index is 0.120. The van der Waals surface area contributed by atoms with E-state index in [1.165, 1.54) is 6.33 Å². The largest absolute Gasteiger partial charge is 0.393 e. The van der Waals surface area contributed by atoms with Crippen molar-refractivity contribution < 1.29 is 9.59 Å². The SMILES string of the molecule is Nc1c(Cl)ncnc1NC1CCC(=O)NC1=O. The maximum atomic E-state index is 11.5. The normalized spacial score (nSPS) is 19.9. The van der Waals surface area contributed by atoms with Gasteiger partial charge in [-0.05, 0) is 6.42 Å². The molecule has 2 amide bonds. The van der Waals surface area contributed by atoms with Gasteiger partial charge in [-0.2, -0.15) is 0 Å². The third-order valence-corrected chi connectivity index (χ3v) is 2.69. The van der Waals surface area contributed by atoms with E-state index < -0.39 is 11.9 Å². The molecule has 0 radical (unpaired) electrons. The second-order valence-electron chi connectivity index (χ2n) is 3.57. The third-order valence-electron chi connectivity index (χ3n) is 2.39. The number of piperidine rings is 1. The molecular weight excluding hydrogens is 246 g/mol. The summed E-state index contributed by atoms with van der Waals surface area (Å²) in [5, 5.41) is 5.18. The maximum Gasteiger partial charge on any atom is 0.249 e. The lowest BCUT2D eigenvalue weighted by Gasteiger charge is -2.22. The molecule has 7 nitrogen and oxygen atoms in total. The second-order valence-corrected chi connectivity index (χ2v) is 3.93. The van der Waals surface area contributed by atoms with E-state index >= 15 is 0 Å². The van der Waals surface area contributed by atoms with Crippen molar-refractivity contribution in [2.75, 3.05) is 11.1 Å². The summed E-state index contributed by atoms with van der Waals surface area (Å²) >= 11 is 5.72. The number of carbonyl (C=O) groups excluding carboxylic acids is 2. The summed E-state index contributed by atoms with van der Waals surface area (Å²) in [6.45, 7) is 0. The Morgan fingerprint density at radius 2 is 2.24 bits per heavy atom. The molecular formula is C9H10ClN5O2. The number of rotatable bonds is 2. The molecule has 90 valence electrons. The van der Waals surface area contributed by atoms with Crippen molar-refractivity contribution in [1.29, 1.82) is 0 Å². The van der Waals surface area contributed by atoms with E-state index in [-0.39, 0.29) is 23.2 Å². The minimum atomic E-state index is -0.541. The molecule has 0 saturated carbocycles. The fourth-order valence-corrected chi connectivity index (χ4v) is 1.62. The first-order chi connectivity index (χ1) is 8.08. The molecule has 0 aromatic carbocycles. The number of nitrogens with two attached hydrogens (primary N) is 1. The average Bonchev–Trinajstić information content (AvgIpc) is 2.28. The van der Waals surface area contributed by atoms with Crippen LogP contribution in [0.2, 0.25) is 5.15 Å². The van der Waals surface area contributed by atoms with Crippen LogP contribution in [-0.4, -0.2) is 27.8 Å². The topological polar surface area (TPSA) is 110 Å². The van der Waals surface area contributed by atoms with E-state index in [1.54, 1.807) is 0 Å². The number of amides is 2. The van der Waals surface area contributed by atoms with Crippen LogP contribution in [0.1, 0.15) is 12.8 Å². The van der Waals surface area contributed by atoms with Crippen molar-refractivity contribution in [3.63, 3.8) is 0 Å². The Hall–Kier alpha value is -1.89. The first-order valence-electron chi connectivity index (χ1n) is 4.94. The number of carbonyl (C=O) groups is 2. The fraction of sp³-hybridized carbons (Fsp3) is 0.333. The smallest absolute Gasteiger partial charge is 0.249 e. The molecule has 1 unspecified atom stereocenters. The van der Waals surface area contributed by atoms with Crippen LogP contribution in [0.25, 0.3) is 0 Å². The maximum absolute atomic E-state index is 11.5. The Morgan fingerprint density at radius 3 is 2.94 bits per heavy atom. The Morgan fingerprint density at radius 1 is 1.47 bits per heavy atom. The molecule has 0 spiro atoms. The van der Waals surface area contributed by atoms with Gasteiger partial charge in [0.05, 0.1) is 0 Å². The minimum Gasteiger partial charge on any atom is -0.393 e. The van der Waals surface area contributed by atoms with Gasteiger partial charge >= 0.3 is 0 Å². The number of halogens is 1. The third kappa shape index (κ3) is 2.44. The number of nitrogens with one attached hydrogen (secondary N) is 2. The number of anilines is 2. The number of imide groups is 1. The predicted octanol–water partition coefficient (Wildman–Crippen LogP) is -0.0707. The van der Waals surface area contributed by atoms with Crippen LogP contribution in [0.4, 0.5) is 11.5 Å². The van der Waals surface area contributed by atoms with Gasteiger partial charge in [0.15, 0.2) is 11.0 Å². The van der Waals surface area contributed by atoms with Crippen molar-refractivity contribution >= 4 is 34.9 Å². The van der Waals surface area contributed by atoms with Crippen molar-refractivity contribution in [2.24, 2.45) is 0 Å². The molecule has 17 heavy (non-hydrogen) atoms. The highest BCUT2D eigenvalue weighted by molar-refractivity contribution is 6.32. The summed E-state index contributed by atoms with van der Waals surface area (Å²) in [6.07, 6.45) is 1.92. The summed E-state index contributed by atoms with van der Waals surface area (Å²) in [5.41, 5.74) is 5.83. The molecule has 4 N–H and O–H groups in total. The fourth-order valence-electron chi connectivity index (χ4n) is 1.49. The molecule has 1 aromatic rings. The summed E-state index contributed by atoms with van der Waals surface area (Å²) in [6, 6.07) is -0.541. The van der Waals surface area contributed by atoms with Crippen LogP contribution >= 0.6 is 11.6 Å². The van der Waals surface area contributed by atoms with E-state index in [4.69, 9.17) is 17.3 Å². The van der Waals surface area contributed by atoms with Gasteiger partial charge in [0.2, 0.25) is 11.8 Å². The Bertz CT molecular complexity index is 478. The monoisotopic (exact) mass is 255 g/mol. The van der Waals surface area contributed by atoms with Crippen LogP contribution in [0.3, 0.4) is 0 Å². The van der Waals surface area contributed by atoms with Crippen molar-refractivity contribution in [3.8, 4) is 0 Å². The number of hydrogen-bond acceptors (Lipinski definition) is 6. The Balaban J connectivity index is 2.13. The van der Waals surface area contributed by atoms with Gasteiger partial charge in [-0.1, -0.05) is 11.6 Å². The van der Waals surface area contributed by atoms with Gasteiger partial charge in [0.1, 0.15) is 18.1 Å². The van der Waals surface area contributed by atoms with Gasteiger partial charge in [0.25, 0.3) is 0 Å². The predicted molar refractivity (Wildman–Crippen MR) is 61.2 cm³/mol. The van der Waals surface area contributed by atoms with Gasteiger partial charge in [-0.3, -0.25) is 14.9 Å². The van der Waals surface area contributed by atoms with Crippen LogP contribution in [0.15, 0.2) is 6.33 Å². The standard InChI is InChI=1S/C9H10ClN5O2/c10-7-6(11)8(13-3-12-7)14-4-1-2-5(16)15-9(4)17/h3-4H,1-2,11H2,(H,12,13,14)(H,15,16,17). The highest BCUT2D eigenvalue weighted by Crippen LogP contribution is 2.23. The van der Waals surface area contributed by atoms with Crippen LogP contribution < -0.4 is 16.4 Å². The molecule has 1 saturated heterocycles. The number of nitrogens with zero attached hydrogens (tertiary/aromatic N) is 2. The molecule has 1 aliphatic rings. The Kier molecular flexibility index (Phi) is 3.10. The first-order valence-corrected chi connectivity index (χ1v) is 5.32. The van der Waals surface area contributed by atoms with E-state index in [2.05, 4.69) is 20.6 Å². The quantitative estimate of drug-likeness (QED) is 0.504. The van der Waals surface area contributed by atoms with Crippen molar-refractivity contribution in [1.82, 2.24) is 15.3 Å². The van der Waals surface area contributed by atoms with Gasteiger partial charge in [-0.15, -0.1) is 0 Å². The van der Waals surface area contributed by atoms with E-state index in [0.29, 0.717) is 12.2 Å². The molecule has 1 fully saturated rings. The summed E-state index contributed by atoms with van der Waals surface area (Å²) in [4.78, 5) is 30.0. The molecule has 1 aromatic heterocycles. The van der Waals surface area contributed by atoms with Crippen LogP contribution in [0.5, 0.6) is 0 Å². The van der Waals surface area contributed by atoms with Gasteiger partial charge in [0, 0.05) is 6.42 Å². The summed E-state index contributed by atoms with van der Waals surface area (Å²) in [7, 11) is 0. The molecule has 0 bridgehead atoms. The van der Waals surface area contributed by atoms with Crippen molar-refractivity contribution in [2.45, 2.75) is 18.9 Å². The van der Waals surface area contributed by atoms with Crippen molar-refractivity contribution in [3.05, 3.63) is 11.5 Å². The molecule has 1 aliphatic heterocycles. The van der Waals surface area contributed by atoms with E-state index in [9.17, 15) is 9.59 Å². The second kappa shape index (κ2) is 4.54. The first kappa shape index (κ1) is 11.6. The van der Waals surface area contributed by atoms with Crippen LogP contribution in [-0.2, 0) is 9.59 Å². The van der Waals surface area contributed by atoms with Crippen LogP contribution in [0, 0.1) is 0 Å². The highest BCUT2D eigenvalue weighted by Gasteiger charge is 2.27. The number of hydrogen-bond donors (Lipinski definition) is 3. The molecule has 1 atom stereocenters. The summed E-state index contributed by atoms with van der Waals surface area (Å²) in [5.74, 6) is -0.378. The molecule has 8 heteroatoms. The lowest BCUT2D eigenvalue weighted by atomic mass is 10.1. The zero-order valence-corrected chi connectivity index (χ0v) is 9.49.